The maximum atomic E-state index is 11.4. The molecular weight excluding hydrogens is 240 g/mol. The highest BCUT2D eigenvalue weighted by Crippen LogP contribution is 2.19. The molecule has 0 aliphatic heterocycles. The highest BCUT2D eigenvalue weighted by molar-refractivity contribution is 7.94. The Balaban J connectivity index is 2.59. The van der Waals surface area contributed by atoms with Crippen LogP contribution in [-0.4, -0.2) is 16.9 Å². The van der Waals surface area contributed by atoms with Gasteiger partial charge in [-0.1, -0.05) is 17.2 Å². The van der Waals surface area contributed by atoms with Crippen LogP contribution in [0.4, 0.5) is 0 Å². The minimum Gasteiger partial charge on any atom is -0.294 e. The number of halogens is 1. The molecule has 0 saturated heterocycles. The lowest BCUT2D eigenvalue weighted by atomic mass is 10.1. The number of ketones is 1. The Morgan fingerprint density at radius 3 is 2.60 bits per heavy atom. The largest absolute Gasteiger partial charge is 0.294 e. The van der Waals surface area contributed by atoms with Crippen LogP contribution in [0.1, 0.15) is 16.8 Å². The summed E-state index contributed by atoms with van der Waals surface area (Å²) in [7, 11) is 0. The third kappa shape index (κ3) is 4.19. The van der Waals surface area contributed by atoms with Gasteiger partial charge >= 0.3 is 0 Å². The SMILES string of the molecule is O=C(CCCl)c1ccc(SOOO)cc1. The van der Waals surface area contributed by atoms with E-state index in [2.05, 4.69) is 9.37 Å². The summed E-state index contributed by atoms with van der Waals surface area (Å²) in [5, 5.41) is 11.4. The van der Waals surface area contributed by atoms with E-state index in [-0.39, 0.29) is 5.78 Å². The molecule has 1 rings (SSSR count). The zero-order valence-electron chi connectivity index (χ0n) is 7.68. The molecule has 0 aromatic heterocycles. The van der Waals surface area contributed by atoms with Gasteiger partial charge in [0, 0.05) is 22.8 Å². The Bertz CT molecular complexity index is 314. The summed E-state index contributed by atoms with van der Waals surface area (Å²) >= 11 is 6.30. The zero-order chi connectivity index (χ0) is 11.1. The van der Waals surface area contributed by atoms with Gasteiger partial charge in [0.25, 0.3) is 0 Å². The smallest absolute Gasteiger partial charge is 0.164 e. The molecule has 82 valence electrons. The van der Waals surface area contributed by atoms with Crippen molar-refractivity contribution in [2.24, 2.45) is 0 Å². The van der Waals surface area contributed by atoms with Gasteiger partial charge in [-0.15, -0.1) is 15.9 Å². The van der Waals surface area contributed by atoms with E-state index in [4.69, 9.17) is 16.9 Å². The number of hydrogen-bond acceptors (Lipinski definition) is 5. The van der Waals surface area contributed by atoms with Crippen molar-refractivity contribution >= 4 is 29.4 Å². The van der Waals surface area contributed by atoms with E-state index >= 15 is 0 Å². The standard InChI is InChI=1S/C9H9ClO4S/c10-6-5-9(11)7-1-3-8(4-2-7)15-14-13-12/h1-4,12H,5-6H2. The normalized spacial score (nSPS) is 10.3. The summed E-state index contributed by atoms with van der Waals surface area (Å²) in [6, 6.07) is 6.70. The van der Waals surface area contributed by atoms with Gasteiger partial charge in [-0.2, -0.15) is 0 Å². The lowest BCUT2D eigenvalue weighted by Gasteiger charge is -2.00. The molecule has 1 N–H and O–H groups in total. The van der Waals surface area contributed by atoms with Crippen molar-refractivity contribution in [3.63, 3.8) is 0 Å². The highest BCUT2D eigenvalue weighted by Gasteiger charge is 2.04. The van der Waals surface area contributed by atoms with E-state index in [1.165, 1.54) is 0 Å². The van der Waals surface area contributed by atoms with Crippen LogP contribution >= 0.6 is 23.6 Å². The Kier molecular flexibility index (Phi) is 5.67. The van der Waals surface area contributed by atoms with Crippen LogP contribution in [0.15, 0.2) is 29.2 Å². The fraction of sp³-hybridized carbons (Fsp3) is 0.222. The quantitative estimate of drug-likeness (QED) is 0.276. The Morgan fingerprint density at radius 2 is 2.07 bits per heavy atom. The first-order valence-electron chi connectivity index (χ1n) is 4.12. The maximum Gasteiger partial charge on any atom is 0.164 e. The molecule has 0 bridgehead atoms. The van der Waals surface area contributed by atoms with Crippen molar-refractivity contribution in [3.8, 4) is 0 Å². The van der Waals surface area contributed by atoms with Crippen molar-refractivity contribution in [1.29, 1.82) is 0 Å². The van der Waals surface area contributed by atoms with Crippen LogP contribution in [-0.2, 0) is 9.37 Å². The van der Waals surface area contributed by atoms with Gasteiger partial charge in [-0.25, -0.2) is 5.26 Å². The van der Waals surface area contributed by atoms with Gasteiger partial charge in [-0.05, 0) is 12.1 Å². The first-order chi connectivity index (χ1) is 7.27. The van der Waals surface area contributed by atoms with Crippen molar-refractivity contribution in [3.05, 3.63) is 29.8 Å². The molecule has 15 heavy (non-hydrogen) atoms. The number of carbonyl (C=O) groups excluding carboxylic acids is 1. The summed E-state index contributed by atoms with van der Waals surface area (Å²) in [6.45, 7) is 0. The first-order valence-corrected chi connectivity index (χ1v) is 5.39. The van der Waals surface area contributed by atoms with Gasteiger partial charge in [0.15, 0.2) is 5.78 Å². The molecule has 1 aromatic carbocycles. The molecule has 4 nitrogen and oxygen atoms in total. The van der Waals surface area contributed by atoms with Crippen LogP contribution in [0.2, 0.25) is 0 Å². The second kappa shape index (κ2) is 6.81. The number of alkyl halides is 1. The van der Waals surface area contributed by atoms with Crippen molar-refractivity contribution in [2.75, 3.05) is 5.88 Å². The van der Waals surface area contributed by atoms with E-state index in [0.29, 0.717) is 22.8 Å². The molecule has 0 radical (unpaired) electrons. The lowest BCUT2D eigenvalue weighted by Crippen LogP contribution is -1.98. The van der Waals surface area contributed by atoms with Gasteiger partial charge < -0.3 is 0 Å². The van der Waals surface area contributed by atoms with Crippen LogP contribution in [0.3, 0.4) is 0 Å². The van der Waals surface area contributed by atoms with E-state index < -0.39 is 0 Å². The summed E-state index contributed by atoms with van der Waals surface area (Å²) < 4.78 is 4.23. The molecule has 0 heterocycles. The molecule has 0 saturated carbocycles. The molecule has 0 amide bonds. The predicted octanol–water partition coefficient (Wildman–Crippen LogP) is 2.93. The fourth-order valence-electron chi connectivity index (χ4n) is 0.981. The van der Waals surface area contributed by atoms with E-state index in [1.54, 1.807) is 24.3 Å². The number of Topliss-reactive ketones (excluding diaryl/α,β-unsaturated/α-hetero) is 1. The molecule has 0 spiro atoms. The summed E-state index contributed by atoms with van der Waals surface area (Å²) in [5.74, 6) is 0.317. The van der Waals surface area contributed by atoms with Gasteiger partial charge in [0.05, 0.1) is 12.0 Å². The number of carbonyl (C=O) groups is 1. The van der Waals surface area contributed by atoms with Crippen LogP contribution in [0.5, 0.6) is 0 Å². The Morgan fingerprint density at radius 1 is 1.40 bits per heavy atom. The fourth-order valence-corrected chi connectivity index (χ4v) is 1.51. The van der Waals surface area contributed by atoms with E-state index in [0.717, 1.165) is 12.0 Å². The van der Waals surface area contributed by atoms with E-state index in [1.807, 2.05) is 0 Å². The van der Waals surface area contributed by atoms with Gasteiger partial charge in [0.2, 0.25) is 0 Å². The average molecular weight is 249 g/mol. The van der Waals surface area contributed by atoms with Crippen LogP contribution in [0.25, 0.3) is 0 Å². The molecule has 1 aromatic rings. The minimum atomic E-state index is 0.000812. The molecule has 0 aliphatic rings. The monoisotopic (exact) mass is 248 g/mol. The Hall–Kier alpha value is -0.590. The summed E-state index contributed by atoms with van der Waals surface area (Å²) in [4.78, 5) is 12.1. The molecule has 0 unspecified atom stereocenters. The molecule has 0 atom stereocenters. The summed E-state index contributed by atoms with van der Waals surface area (Å²) in [5.41, 5.74) is 0.602. The van der Waals surface area contributed by atoms with Crippen molar-refractivity contribution in [1.82, 2.24) is 0 Å². The predicted molar refractivity (Wildman–Crippen MR) is 56.8 cm³/mol. The molecule has 0 aliphatic carbocycles. The number of rotatable bonds is 6. The second-order valence-corrected chi connectivity index (χ2v) is 3.76. The van der Waals surface area contributed by atoms with Crippen LogP contribution < -0.4 is 0 Å². The van der Waals surface area contributed by atoms with E-state index in [9.17, 15) is 4.79 Å². The molecule has 0 fully saturated rings. The molecule has 6 heteroatoms. The second-order valence-electron chi connectivity index (χ2n) is 2.61. The summed E-state index contributed by atoms with van der Waals surface area (Å²) in [6.07, 6.45) is 0.324. The van der Waals surface area contributed by atoms with Gasteiger partial charge in [0.1, 0.15) is 0 Å². The molecular formula is C9H9ClO4S. The average Bonchev–Trinajstić information content (AvgIpc) is 2.27. The van der Waals surface area contributed by atoms with Crippen molar-refractivity contribution in [2.45, 2.75) is 11.3 Å². The number of benzene rings is 1. The topological polar surface area (TPSA) is 55.8 Å². The first kappa shape index (κ1) is 12.5. The highest BCUT2D eigenvalue weighted by atomic mass is 35.5. The lowest BCUT2D eigenvalue weighted by molar-refractivity contribution is -0.432. The third-order valence-corrected chi connectivity index (χ3v) is 2.44. The Labute approximate surface area is 96.2 Å². The minimum absolute atomic E-state index is 0.000812. The third-order valence-electron chi connectivity index (χ3n) is 1.66. The van der Waals surface area contributed by atoms with Crippen molar-refractivity contribution < 1.29 is 19.4 Å². The van der Waals surface area contributed by atoms with Gasteiger partial charge in [-0.3, -0.25) is 4.79 Å². The van der Waals surface area contributed by atoms with Crippen LogP contribution in [0, 0.1) is 0 Å². The zero-order valence-corrected chi connectivity index (χ0v) is 9.25. The number of hydrogen-bond donors (Lipinski definition) is 1. The maximum absolute atomic E-state index is 11.4.